The molecule has 0 saturated carbocycles. The van der Waals surface area contributed by atoms with Crippen LogP contribution in [0.4, 0.5) is 0 Å². The molecule has 0 spiro atoms. The van der Waals surface area contributed by atoms with E-state index in [1.807, 2.05) is 6.07 Å². The predicted molar refractivity (Wildman–Crippen MR) is 74.9 cm³/mol. The molecule has 0 heterocycles. The lowest BCUT2D eigenvalue weighted by Crippen LogP contribution is -1.79. The Balaban J connectivity index is 2.32. The van der Waals surface area contributed by atoms with Crippen molar-refractivity contribution in [3.8, 4) is 0 Å². The number of hydrogen-bond donors (Lipinski definition) is 0. The van der Waals surface area contributed by atoms with Crippen LogP contribution >= 0.6 is 51.2 Å². The fourth-order valence-corrected chi connectivity index (χ4v) is 2.01. The molecule has 0 aliphatic rings. The predicted octanol–water partition coefficient (Wildman–Crippen LogP) is 5.18. The van der Waals surface area contributed by atoms with Crippen molar-refractivity contribution in [1.82, 2.24) is 0 Å². The van der Waals surface area contributed by atoms with Crippen LogP contribution in [0, 0.1) is 0 Å². The molecule has 1 rings (SSSR count). The molecule has 0 aromatic heterocycles. The van der Waals surface area contributed by atoms with Crippen LogP contribution in [0.25, 0.3) is 0 Å². The molecule has 0 fully saturated rings. The second-order valence-corrected chi connectivity index (χ2v) is 5.25. The van der Waals surface area contributed by atoms with Gasteiger partial charge >= 0.3 is 0 Å². The average Bonchev–Trinajstić information content (AvgIpc) is 2.28. The van der Waals surface area contributed by atoms with E-state index in [4.69, 9.17) is 27.5 Å². The molecule has 1 aromatic carbocycles. The lowest BCUT2D eigenvalue weighted by atomic mass is 10.4. The molecular formula is C10H10BrCl2NOS. The molecule has 0 atom stereocenters. The first-order valence-electron chi connectivity index (χ1n) is 4.60. The largest absolute Gasteiger partial charge is 0.317 e. The van der Waals surface area contributed by atoms with Gasteiger partial charge in [-0.25, -0.2) is 0 Å². The van der Waals surface area contributed by atoms with Crippen LogP contribution in [0.15, 0.2) is 28.3 Å². The number of halogens is 3. The molecule has 0 saturated heterocycles. The molecule has 1 aromatic rings. The second-order valence-electron chi connectivity index (χ2n) is 2.85. The fourth-order valence-electron chi connectivity index (χ4n) is 0.845. The highest BCUT2D eigenvalue weighted by Gasteiger charge is 2.00. The summed E-state index contributed by atoms with van der Waals surface area (Å²) in [4.78, 5) is 0.868. The van der Waals surface area contributed by atoms with Gasteiger partial charge in [-0.1, -0.05) is 44.3 Å². The number of benzene rings is 1. The first-order valence-corrected chi connectivity index (χ1v) is 7.22. The Kier molecular flexibility index (Phi) is 7.28. The Morgan fingerprint density at radius 2 is 2.19 bits per heavy atom. The van der Waals surface area contributed by atoms with E-state index in [9.17, 15) is 0 Å². The molecule has 0 bridgehead atoms. The molecule has 88 valence electrons. The van der Waals surface area contributed by atoms with Gasteiger partial charge in [-0.2, -0.15) is 0 Å². The number of oxime groups is 1. The maximum Gasteiger partial charge on any atom is 0.125 e. The van der Waals surface area contributed by atoms with Crippen molar-refractivity contribution in [1.29, 1.82) is 0 Å². The zero-order valence-electron chi connectivity index (χ0n) is 8.33. The average molecular weight is 343 g/mol. The van der Waals surface area contributed by atoms with E-state index in [1.54, 1.807) is 18.3 Å². The minimum atomic E-state index is 0.513. The summed E-state index contributed by atoms with van der Waals surface area (Å²) in [5.41, 5.74) is 0. The fraction of sp³-hybridized carbons (Fsp3) is 0.300. The Morgan fingerprint density at radius 3 is 2.88 bits per heavy atom. The van der Waals surface area contributed by atoms with E-state index in [0.29, 0.717) is 10.0 Å². The summed E-state index contributed by atoms with van der Waals surface area (Å²) >= 11 is 16.1. The van der Waals surface area contributed by atoms with E-state index in [-0.39, 0.29) is 0 Å². The van der Waals surface area contributed by atoms with Crippen molar-refractivity contribution in [2.75, 3.05) is 5.33 Å². The van der Waals surface area contributed by atoms with Crippen molar-refractivity contribution >= 4 is 57.4 Å². The lowest BCUT2D eigenvalue weighted by molar-refractivity contribution is 0.406. The number of nitrogens with zero attached hydrogens (tertiary/aromatic N) is 1. The van der Waals surface area contributed by atoms with Crippen molar-refractivity contribution < 1.29 is 4.28 Å². The Labute approximate surface area is 118 Å². The normalized spacial score (nSPS) is 10.9. The summed E-state index contributed by atoms with van der Waals surface area (Å²) in [6, 6.07) is 5.29. The molecule has 0 aliphatic carbocycles. The minimum absolute atomic E-state index is 0.513. The van der Waals surface area contributed by atoms with Gasteiger partial charge in [0.05, 0.1) is 14.9 Å². The Hall–Kier alpha value is 0.1000. The van der Waals surface area contributed by atoms with Crippen molar-refractivity contribution in [2.24, 2.45) is 5.16 Å². The van der Waals surface area contributed by atoms with Crippen LogP contribution in [-0.4, -0.2) is 11.5 Å². The number of unbranched alkanes of at least 4 members (excludes halogenated alkanes) is 1. The van der Waals surface area contributed by atoms with Crippen LogP contribution in [0.5, 0.6) is 0 Å². The standard InChI is InChI=1S/C10H10BrCl2NOS/c11-5-1-2-6-14-15-16-8-3-4-9(12)10(13)7-8/h3-4,6-7H,1-2,5H2. The summed E-state index contributed by atoms with van der Waals surface area (Å²) in [5, 5.41) is 5.82. The first kappa shape index (κ1) is 14.2. The summed E-state index contributed by atoms with van der Waals surface area (Å²) in [6.45, 7) is 0. The quantitative estimate of drug-likeness (QED) is 0.233. The lowest BCUT2D eigenvalue weighted by Gasteiger charge is -1.99. The number of rotatable bonds is 6. The third-order valence-corrected chi connectivity index (χ3v) is 3.52. The Bertz CT molecular complexity index is 363. The molecular weight excluding hydrogens is 333 g/mol. The van der Waals surface area contributed by atoms with Gasteiger partial charge in [0, 0.05) is 11.5 Å². The zero-order valence-corrected chi connectivity index (χ0v) is 12.2. The molecule has 0 amide bonds. The summed E-state index contributed by atoms with van der Waals surface area (Å²) in [5.74, 6) is 0. The van der Waals surface area contributed by atoms with Gasteiger partial charge in [-0.15, -0.1) is 0 Å². The van der Waals surface area contributed by atoms with E-state index in [2.05, 4.69) is 21.1 Å². The van der Waals surface area contributed by atoms with E-state index >= 15 is 0 Å². The van der Waals surface area contributed by atoms with E-state index < -0.39 is 0 Å². The van der Waals surface area contributed by atoms with Crippen molar-refractivity contribution in [2.45, 2.75) is 17.7 Å². The Morgan fingerprint density at radius 1 is 1.38 bits per heavy atom. The van der Waals surface area contributed by atoms with Crippen LogP contribution in [0.1, 0.15) is 12.8 Å². The highest BCUT2D eigenvalue weighted by molar-refractivity contribution is 9.09. The molecule has 6 heteroatoms. The maximum absolute atomic E-state index is 5.85. The van der Waals surface area contributed by atoms with Gasteiger partial charge in [0.15, 0.2) is 0 Å². The molecule has 0 radical (unpaired) electrons. The smallest absolute Gasteiger partial charge is 0.125 e. The monoisotopic (exact) mass is 341 g/mol. The molecule has 16 heavy (non-hydrogen) atoms. The van der Waals surface area contributed by atoms with Gasteiger partial charge in [0.2, 0.25) is 0 Å². The topological polar surface area (TPSA) is 21.6 Å². The summed E-state index contributed by atoms with van der Waals surface area (Å²) in [7, 11) is 0. The van der Waals surface area contributed by atoms with E-state index in [1.165, 1.54) is 0 Å². The van der Waals surface area contributed by atoms with Gasteiger partial charge in [0.25, 0.3) is 0 Å². The maximum atomic E-state index is 5.85. The zero-order chi connectivity index (χ0) is 11.8. The van der Waals surface area contributed by atoms with Crippen molar-refractivity contribution in [3.05, 3.63) is 28.2 Å². The van der Waals surface area contributed by atoms with Gasteiger partial charge in [-0.05, 0) is 31.0 Å². The third-order valence-electron chi connectivity index (χ3n) is 1.61. The molecule has 0 N–H and O–H groups in total. The van der Waals surface area contributed by atoms with Crippen LogP contribution in [0.3, 0.4) is 0 Å². The molecule has 0 aliphatic heterocycles. The van der Waals surface area contributed by atoms with Crippen molar-refractivity contribution in [3.63, 3.8) is 0 Å². The summed E-state index contributed by atoms with van der Waals surface area (Å²) < 4.78 is 5.03. The SMILES string of the molecule is Clc1ccc(SON=CCCCBr)cc1Cl. The molecule has 0 unspecified atom stereocenters. The third kappa shape index (κ3) is 5.43. The van der Waals surface area contributed by atoms with Gasteiger partial charge in [0.1, 0.15) is 12.0 Å². The first-order chi connectivity index (χ1) is 7.74. The van der Waals surface area contributed by atoms with Crippen LogP contribution in [0.2, 0.25) is 10.0 Å². The van der Waals surface area contributed by atoms with Gasteiger partial charge < -0.3 is 4.28 Å². The number of hydrogen-bond acceptors (Lipinski definition) is 3. The minimum Gasteiger partial charge on any atom is -0.317 e. The van der Waals surface area contributed by atoms with Crippen LogP contribution < -0.4 is 0 Å². The van der Waals surface area contributed by atoms with Gasteiger partial charge in [-0.3, -0.25) is 0 Å². The highest BCUT2D eigenvalue weighted by Crippen LogP contribution is 2.28. The summed E-state index contributed by atoms with van der Waals surface area (Å²) in [6.07, 6.45) is 3.68. The molecule has 2 nitrogen and oxygen atoms in total. The van der Waals surface area contributed by atoms with Crippen LogP contribution in [-0.2, 0) is 4.28 Å². The van der Waals surface area contributed by atoms with E-state index in [0.717, 1.165) is 35.1 Å². The number of alkyl halides is 1. The second kappa shape index (κ2) is 8.23. The highest BCUT2D eigenvalue weighted by atomic mass is 79.9.